The third kappa shape index (κ3) is 4.51. The van der Waals surface area contributed by atoms with Gasteiger partial charge in [-0.05, 0) is 87.8 Å². The molecule has 1 aromatic rings. The zero-order valence-corrected chi connectivity index (χ0v) is 21.1. The zero-order chi connectivity index (χ0) is 24.2. The maximum absolute atomic E-state index is 13.7. The minimum Gasteiger partial charge on any atom is -0.481 e. The van der Waals surface area contributed by atoms with Crippen molar-refractivity contribution in [2.75, 3.05) is 13.1 Å². The van der Waals surface area contributed by atoms with Crippen LogP contribution < -0.4 is 10.6 Å². The number of aromatic nitrogens is 1. The SMILES string of the molecule is O=C(O)C[C@@]1(c2ccc(C(=O)N[C@H]3C4CC5CC3C[C@@](O)(C5)C4)c(SC3CCCC3)n2)CCNC1. The Balaban J connectivity index is 1.28. The molecule has 190 valence electrons. The van der Waals surface area contributed by atoms with Crippen LogP contribution in [0, 0.1) is 17.8 Å². The van der Waals surface area contributed by atoms with Crippen LogP contribution in [0.1, 0.15) is 86.7 Å². The quantitative estimate of drug-likeness (QED) is 0.454. The summed E-state index contributed by atoms with van der Waals surface area (Å²) in [6.45, 7) is 1.38. The van der Waals surface area contributed by atoms with Crippen LogP contribution in [0.3, 0.4) is 0 Å². The number of nitrogens with zero attached hydrogens (tertiary/aromatic N) is 1. The molecule has 7 rings (SSSR count). The molecule has 1 amide bonds. The van der Waals surface area contributed by atoms with Crippen molar-refractivity contribution in [3.63, 3.8) is 0 Å². The molecule has 1 aliphatic heterocycles. The first kappa shape index (κ1) is 23.7. The second kappa shape index (κ2) is 9.03. The molecule has 1 aromatic heterocycles. The van der Waals surface area contributed by atoms with E-state index < -0.39 is 17.0 Å². The lowest BCUT2D eigenvalue weighted by molar-refractivity contribution is -0.138. The van der Waals surface area contributed by atoms with Gasteiger partial charge in [-0.1, -0.05) is 12.8 Å². The summed E-state index contributed by atoms with van der Waals surface area (Å²) in [5.41, 5.74) is 0.370. The lowest BCUT2D eigenvalue weighted by atomic mass is 9.52. The maximum Gasteiger partial charge on any atom is 0.304 e. The minimum absolute atomic E-state index is 0.0432. The molecule has 8 heteroatoms. The van der Waals surface area contributed by atoms with E-state index in [2.05, 4.69) is 10.6 Å². The Kier molecular flexibility index (Phi) is 6.13. The van der Waals surface area contributed by atoms with Gasteiger partial charge in [-0.15, -0.1) is 11.8 Å². The molecule has 2 unspecified atom stereocenters. The minimum atomic E-state index is -0.814. The number of pyridine rings is 1. The van der Waals surface area contributed by atoms with Gasteiger partial charge in [0.25, 0.3) is 5.91 Å². The summed E-state index contributed by atoms with van der Waals surface area (Å²) in [4.78, 5) is 30.4. The van der Waals surface area contributed by atoms with Crippen LogP contribution in [-0.2, 0) is 10.2 Å². The first-order chi connectivity index (χ1) is 16.8. The third-order valence-corrected chi connectivity index (χ3v) is 10.8. The molecule has 6 aliphatic rings. The Morgan fingerprint density at radius 1 is 1.14 bits per heavy atom. The van der Waals surface area contributed by atoms with E-state index in [1.165, 1.54) is 12.8 Å². The van der Waals surface area contributed by atoms with Gasteiger partial charge in [0.05, 0.1) is 17.6 Å². The predicted octanol–water partition coefficient (Wildman–Crippen LogP) is 3.49. The third-order valence-electron chi connectivity index (χ3n) is 9.50. The number of aliphatic carboxylic acids is 1. The standard InChI is InChI=1S/C27H37N3O4S/c31-22(32)14-26(7-8-28-15-26)21-6-5-20(25(29-21)35-19-3-1-2-4-19)24(33)30-23-17-9-16-10-18(23)13-27(34,11-16)12-17/h5-6,16-19,23,28,34H,1-4,7-15H2,(H,30,33)(H,31,32)/t16?,17?,18?,23-,26-,27+/m0/s1. The van der Waals surface area contributed by atoms with Crippen molar-refractivity contribution in [3.8, 4) is 0 Å². The average molecular weight is 500 g/mol. The Hall–Kier alpha value is -1.64. The first-order valence-corrected chi connectivity index (χ1v) is 14.3. The fourth-order valence-corrected chi connectivity index (χ4v) is 9.43. The molecule has 6 fully saturated rings. The zero-order valence-electron chi connectivity index (χ0n) is 20.3. The maximum atomic E-state index is 13.7. The number of thioether (sulfide) groups is 1. The summed E-state index contributed by atoms with van der Waals surface area (Å²) < 4.78 is 0. The van der Waals surface area contributed by atoms with Crippen molar-refractivity contribution in [3.05, 3.63) is 23.4 Å². The van der Waals surface area contributed by atoms with Gasteiger partial charge in [0.2, 0.25) is 0 Å². The van der Waals surface area contributed by atoms with E-state index in [1.54, 1.807) is 11.8 Å². The van der Waals surface area contributed by atoms with E-state index >= 15 is 0 Å². The van der Waals surface area contributed by atoms with Crippen molar-refractivity contribution in [1.29, 1.82) is 0 Å². The molecule has 35 heavy (non-hydrogen) atoms. The van der Waals surface area contributed by atoms with Crippen LogP contribution in [0.5, 0.6) is 0 Å². The highest BCUT2D eigenvalue weighted by molar-refractivity contribution is 7.99. The van der Waals surface area contributed by atoms with Crippen LogP contribution in [0.25, 0.3) is 0 Å². The van der Waals surface area contributed by atoms with E-state index in [-0.39, 0.29) is 18.4 Å². The molecule has 5 saturated carbocycles. The molecular weight excluding hydrogens is 462 g/mol. The largest absolute Gasteiger partial charge is 0.481 e. The van der Waals surface area contributed by atoms with Gasteiger partial charge in [-0.25, -0.2) is 4.98 Å². The molecule has 7 nitrogen and oxygen atoms in total. The molecule has 3 atom stereocenters. The molecule has 4 bridgehead atoms. The van der Waals surface area contributed by atoms with E-state index in [1.807, 2.05) is 12.1 Å². The number of carboxylic acids is 1. The van der Waals surface area contributed by atoms with Gasteiger partial charge in [0.1, 0.15) is 5.03 Å². The lowest BCUT2D eigenvalue weighted by Crippen LogP contribution is -2.61. The summed E-state index contributed by atoms with van der Waals surface area (Å²) in [6.07, 6.45) is 10.2. The highest BCUT2D eigenvalue weighted by Gasteiger charge is 2.55. The van der Waals surface area contributed by atoms with E-state index in [9.17, 15) is 19.8 Å². The Morgan fingerprint density at radius 3 is 2.51 bits per heavy atom. The van der Waals surface area contributed by atoms with Crippen LogP contribution in [0.4, 0.5) is 0 Å². The summed E-state index contributed by atoms with van der Waals surface area (Å²) in [6, 6.07) is 3.91. The van der Waals surface area contributed by atoms with Gasteiger partial charge in [0.15, 0.2) is 0 Å². The summed E-state index contributed by atoms with van der Waals surface area (Å²) in [5.74, 6) is 0.441. The van der Waals surface area contributed by atoms with Gasteiger partial charge in [-0.2, -0.15) is 0 Å². The van der Waals surface area contributed by atoms with Gasteiger partial charge in [0, 0.05) is 28.9 Å². The normalized spacial score (nSPS) is 38.2. The summed E-state index contributed by atoms with van der Waals surface area (Å²) in [5, 5.41) is 28.4. The van der Waals surface area contributed by atoms with Crippen LogP contribution in [0.2, 0.25) is 0 Å². The second-order valence-corrected chi connectivity index (χ2v) is 13.3. The Labute approximate surface area is 211 Å². The number of nitrogens with one attached hydrogen (secondary N) is 2. The van der Waals surface area contributed by atoms with Gasteiger partial charge < -0.3 is 20.8 Å². The number of carbonyl (C=O) groups excluding carboxylic acids is 1. The van der Waals surface area contributed by atoms with Crippen molar-refractivity contribution in [2.24, 2.45) is 17.8 Å². The molecule has 2 heterocycles. The van der Waals surface area contributed by atoms with Crippen molar-refractivity contribution in [2.45, 2.75) is 98.0 Å². The van der Waals surface area contributed by atoms with Crippen molar-refractivity contribution in [1.82, 2.24) is 15.6 Å². The fourth-order valence-electron chi connectivity index (χ4n) is 8.10. The van der Waals surface area contributed by atoms with E-state index in [0.717, 1.165) is 68.6 Å². The molecule has 4 N–H and O–H groups in total. The molecular formula is C27H37N3O4S. The highest BCUT2D eigenvalue weighted by Crippen LogP contribution is 2.55. The topological polar surface area (TPSA) is 112 Å². The van der Waals surface area contributed by atoms with Gasteiger partial charge in [-0.3, -0.25) is 9.59 Å². The molecule has 0 spiro atoms. The summed E-state index contributed by atoms with van der Waals surface area (Å²) >= 11 is 1.71. The van der Waals surface area contributed by atoms with Crippen molar-refractivity contribution >= 4 is 23.6 Å². The number of rotatable bonds is 7. The number of hydrogen-bond acceptors (Lipinski definition) is 6. The lowest BCUT2D eigenvalue weighted by Gasteiger charge is -2.58. The Bertz CT molecular complexity index is 988. The first-order valence-electron chi connectivity index (χ1n) is 13.5. The fraction of sp³-hybridized carbons (Fsp3) is 0.741. The van der Waals surface area contributed by atoms with E-state index in [0.29, 0.717) is 35.1 Å². The second-order valence-electron chi connectivity index (χ2n) is 12.0. The average Bonchev–Trinajstić information content (AvgIpc) is 3.47. The summed E-state index contributed by atoms with van der Waals surface area (Å²) in [7, 11) is 0. The molecule has 5 aliphatic carbocycles. The highest BCUT2D eigenvalue weighted by atomic mass is 32.2. The number of amides is 1. The molecule has 0 aromatic carbocycles. The molecule has 0 radical (unpaired) electrons. The number of aliphatic hydroxyl groups is 1. The monoisotopic (exact) mass is 499 g/mol. The van der Waals surface area contributed by atoms with Gasteiger partial charge >= 0.3 is 5.97 Å². The number of hydrogen-bond donors (Lipinski definition) is 4. The molecule has 1 saturated heterocycles. The van der Waals surface area contributed by atoms with E-state index in [4.69, 9.17) is 4.98 Å². The predicted molar refractivity (Wildman–Crippen MR) is 134 cm³/mol. The number of carbonyl (C=O) groups is 2. The smallest absolute Gasteiger partial charge is 0.304 e. The van der Waals surface area contributed by atoms with Crippen LogP contribution in [-0.4, -0.2) is 57.1 Å². The number of carboxylic acid groups (broad SMARTS) is 1. The van der Waals surface area contributed by atoms with Crippen LogP contribution >= 0.6 is 11.8 Å². The van der Waals surface area contributed by atoms with Crippen LogP contribution in [0.15, 0.2) is 17.2 Å². The van der Waals surface area contributed by atoms with Crippen molar-refractivity contribution < 1.29 is 19.8 Å². The Morgan fingerprint density at radius 2 is 1.89 bits per heavy atom.